The van der Waals surface area contributed by atoms with Crippen molar-refractivity contribution in [1.29, 1.82) is 0 Å². The number of carboxylic acid groups (broad SMARTS) is 1. The highest BCUT2D eigenvalue weighted by atomic mass is 19.2. The zero-order chi connectivity index (χ0) is 17.1. The fraction of sp³-hybridized carbons (Fsp3) is 0. The van der Waals surface area contributed by atoms with Gasteiger partial charge >= 0.3 is 5.97 Å². The van der Waals surface area contributed by atoms with Gasteiger partial charge in [0, 0.05) is 0 Å². The van der Waals surface area contributed by atoms with Crippen molar-refractivity contribution in [2.24, 2.45) is 5.10 Å². The summed E-state index contributed by atoms with van der Waals surface area (Å²) in [4.78, 5) is 10.9. The molecule has 0 saturated heterocycles. The first-order chi connectivity index (χ1) is 10.8. The summed E-state index contributed by atoms with van der Waals surface area (Å²) in [5, 5.41) is 12.2. The van der Waals surface area contributed by atoms with E-state index in [2.05, 4.69) is 10.5 Å². The number of rotatable bonds is 4. The third-order valence-electron chi connectivity index (χ3n) is 2.78. The molecule has 2 rings (SSSR count). The summed E-state index contributed by atoms with van der Waals surface area (Å²) in [5.74, 6) is -11.9. The molecule has 0 unspecified atom stereocenters. The molecule has 0 spiro atoms. The van der Waals surface area contributed by atoms with Gasteiger partial charge in [-0.2, -0.15) is 5.10 Å². The van der Waals surface area contributed by atoms with Gasteiger partial charge in [0.1, 0.15) is 0 Å². The molecule has 0 aliphatic heterocycles. The van der Waals surface area contributed by atoms with Crippen molar-refractivity contribution in [1.82, 2.24) is 0 Å². The van der Waals surface area contributed by atoms with Crippen LogP contribution in [0.1, 0.15) is 15.9 Å². The maximum absolute atomic E-state index is 13.4. The first-order valence-corrected chi connectivity index (χ1v) is 5.97. The highest BCUT2D eigenvalue weighted by Crippen LogP contribution is 2.22. The number of hydrogen-bond donors (Lipinski definition) is 2. The fourth-order valence-electron chi connectivity index (χ4n) is 1.67. The Hall–Kier alpha value is -2.97. The Balaban J connectivity index is 2.35. The second-order valence-electron chi connectivity index (χ2n) is 4.20. The quantitative estimate of drug-likeness (QED) is 0.296. The standard InChI is InChI=1S/C14H7F5N2O2/c15-9-7(10(16)12(18)13(19)11(9)17)5-20-21-8-4-2-1-3-6(8)14(22)23/h1-5,21H,(H,22,23)/b20-5-. The number of hydrogen-bond acceptors (Lipinski definition) is 3. The molecule has 23 heavy (non-hydrogen) atoms. The molecule has 0 amide bonds. The molecule has 0 saturated carbocycles. The molecule has 0 atom stereocenters. The van der Waals surface area contributed by atoms with Crippen LogP contribution in [0.3, 0.4) is 0 Å². The summed E-state index contributed by atoms with van der Waals surface area (Å²) in [7, 11) is 0. The van der Waals surface area contributed by atoms with E-state index in [-0.39, 0.29) is 11.3 Å². The van der Waals surface area contributed by atoms with Crippen molar-refractivity contribution < 1.29 is 31.9 Å². The zero-order valence-corrected chi connectivity index (χ0v) is 11.1. The van der Waals surface area contributed by atoms with E-state index < -0.39 is 40.6 Å². The Bertz CT molecular complexity index is 779. The van der Waals surface area contributed by atoms with Crippen molar-refractivity contribution in [3.63, 3.8) is 0 Å². The first kappa shape index (κ1) is 16.4. The van der Waals surface area contributed by atoms with E-state index in [1.165, 1.54) is 24.3 Å². The van der Waals surface area contributed by atoms with Gasteiger partial charge in [0.05, 0.1) is 23.0 Å². The van der Waals surface area contributed by atoms with E-state index in [9.17, 15) is 26.7 Å². The molecule has 0 aliphatic rings. The van der Waals surface area contributed by atoms with Gasteiger partial charge in [-0.15, -0.1) is 0 Å². The van der Waals surface area contributed by atoms with Crippen LogP contribution < -0.4 is 5.43 Å². The summed E-state index contributed by atoms with van der Waals surface area (Å²) in [5.41, 5.74) is 0.699. The highest BCUT2D eigenvalue weighted by Gasteiger charge is 2.24. The van der Waals surface area contributed by atoms with Gasteiger partial charge in [0.2, 0.25) is 5.82 Å². The lowest BCUT2D eigenvalue weighted by Crippen LogP contribution is -2.07. The number of carboxylic acids is 1. The fourth-order valence-corrected chi connectivity index (χ4v) is 1.67. The molecule has 4 nitrogen and oxygen atoms in total. The number of nitrogens with one attached hydrogen (secondary N) is 1. The number of benzene rings is 2. The molecule has 0 fully saturated rings. The predicted octanol–water partition coefficient (Wildman–Crippen LogP) is 3.53. The van der Waals surface area contributed by atoms with Crippen LogP contribution in [0.25, 0.3) is 0 Å². The van der Waals surface area contributed by atoms with Crippen molar-refractivity contribution in [2.75, 3.05) is 5.43 Å². The number of halogens is 5. The van der Waals surface area contributed by atoms with Crippen LogP contribution in [0.5, 0.6) is 0 Å². The third-order valence-corrected chi connectivity index (χ3v) is 2.78. The molecule has 9 heteroatoms. The zero-order valence-electron chi connectivity index (χ0n) is 11.1. The number of nitrogens with zero attached hydrogens (tertiary/aromatic N) is 1. The molecule has 0 heterocycles. The van der Waals surface area contributed by atoms with Gasteiger partial charge in [-0.1, -0.05) is 12.1 Å². The van der Waals surface area contributed by atoms with E-state index in [1.54, 1.807) is 0 Å². The Kier molecular flexibility index (Phi) is 4.58. The van der Waals surface area contributed by atoms with Crippen LogP contribution in [0.4, 0.5) is 27.6 Å². The minimum atomic E-state index is -2.28. The molecule has 0 aliphatic carbocycles. The van der Waals surface area contributed by atoms with E-state index in [0.717, 1.165) is 0 Å². The van der Waals surface area contributed by atoms with Crippen molar-refractivity contribution in [3.8, 4) is 0 Å². The number of para-hydroxylation sites is 1. The average molecular weight is 330 g/mol. The Morgan fingerprint density at radius 1 is 0.957 bits per heavy atom. The SMILES string of the molecule is O=C(O)c1ccccc1N/N=C\c1c(F)c(F)c(F)c(F)c1F. The number of carbonyl (C=O) groups is 1. The normalized spacial score (nSPS) is 11.0. The van der Waals surface area contributed by atoms with E-state index in [4.69, 9.17) is 5.11 Å². The number of anilines is 1. The van der Waals surface area contributed by atoms with Crippen molar-refractivity contribution in [2.45, 2.75) is 0 Å². The van der Waals surface area contributed by atoms with E-state index in [0.29, 0.717) is 6.21 Å². The predicted molar refractivity (Wildman–Crippen MR) is 70.8 cm³/mol. The van der Waals surface area contributed by atoms with Crippen molar-refractivity contribution >= 4 is 17.9 Å². The van der Waals surface area contributed by atoms with Crippen LogP contribution in [0.2, 0.25) is 0 Å². The van der Waals surface area contributed by atoms with E-state index >= 15 is 0 Å². The minimum absolute atomic E-state index is 0.0277. The second-order valence-corrected chi connectivity index (χ2v) is 4.20. The molecular formula is C14H7F5N2O2. The van der Waals surface area contributed by atoms with Crippen LogP contribution in [0, 0.1) is 29.1 Å². The van der Waals surface area contributed by atoms with Gasteiger partial charge in [0.15, 0.2) is 23.3 Å². The minimum Gasteiger partial charge on any atom is -0.478 e. The monoisotopic (exact) mass is 330 g/mol. The summed E-state index contributed by atoms with van der Waals surface area (Å²) >= 11 is 0. The third kappa shape index (κ3) is 3.12. The van der Waals surface area contributed by atoms with Gasteiger partial charge in [-0.25, -0.2) is 26.7 Å². The maximum atomic E-state index is 13.4. The second kappa shape index (κ2) is 6.42. The summed E-state index contributed by atoms with van der Waals surface area (Å²) in [6.45, 7) is 0. The Morgan fingerprint density at radius 3 is 2.04 bits per heavy atom. The molecular weight excluding hydrogens is 323 g/mol. The van der Waals surface area contributed by atoms with Gasteiger partial charge in [-0.05, 0) is 12.1 Å². The van der Waals surface area contributed by atoms with Crippen LogP contribution in [0.15, 0.2) is 29.4 Å². The summed E-state index contributed by atoms with van der Waals surface area (Å²) < 4.78 is 65.7. The molecule has 120 valence electrons. The molecule has 0 radical (unpaired) electrons. The Labute approximate surface area is 125 Å². The molecule has 2 aromatic rings. The van der Waals surface area contributed by atoms with Crippen LogP contribution in [-0.4, -0.2) is 17.3 Å². The smallest absolute Gasteiger partial charge is 0.337 e. The lowest BCUT2D eigenvalue weighted by molar-refractivity contribution is 0.0698. The van der Waals surface area contributed by atoms with Crippen molar-refractivity contribution in [3.05, 3.63) is 64.5 Å². The first-order valence-electron chi connectivity index (χ1n) is 5.97. The number of hydrazone groups is 1. The van der Waals surface area contributed by atoms with Crippen LogP contribution in [-0.2, 0) is 0 Å². The molecule has 2 aromatic carbocycles. The lowest BCUT2D eigenvalue weighted by atomic mass is 10.2. The maximum Gasteiger partial charge on any atom is 0.337 e. The summed E-state index contributed by atoms with van der Waals surface area (Å²) in [6.07, 6.45) is 0.370. The topological polar surface area (TPSA) is 61.7 Å². The van der Waals surface area contributed by atoms with Gasteiger partial charge < -0.3 is 5.11 Å². The number of aromatic carboxylic acids is 1. The molecule has 0 bridgehead atoms. The lowest BCUT2D eigenvalue weighted by Gasteiger charge is -2.06. The largest absolute Gasteiger partial charge is 0.478 e. The van der Waals surface area contributed by atoms with E-state index in [1.807, 2.05) is 0 Å². The Morgan fingerprint density at radius 2 is 1.48 bits per heavy atom. The molecule has 0 aromatic heterocycles. The molecule has 2 N–H and O–H groups in total. The average Bonchev–Trinajstić information content (AvgIpc) is 2.54. The highest BCUT2D eigenvalue weighted by molar-refractivity contribution is 5.94. The van der Waals surface area contributed by atoms with Gasteiger partial charge in [-0.3, -0.25) is 5.43 Å². The van der Waals surface area contributed by atoms with Crippen LogP contribution >= 0.6 is 0 Å². The van der Waals surface area contributed by atoms with Gasteiger partial charge in [0.25, 0.3) is 0 Å². The summed E-state index contributed by atoms with van der Waals surface area (Å²) in [6, 6.07) is 5.43.